The van der Waals surface area contributed by atoms with Gasteiger partial charge in [-0.25, -0.2) is 14.5 Å². The molecule has 0 aliphatic rings. The van der Waals surface area contributed by atoms with Crippen molar-refractivity contribution in [3.8, 4) is 5.69 Å². The summed E-state index contributed by atoms with van der Waals surface area (Å²) in [7, 11) is 0. The zero-order valence-electron chi connectivity index (χ0n) is 17.5. The molecule has 7 heteroatoms. The summed E-state index contributed by atoms with van der Waals surface area (Å²) in [6, 6.07) is 16.8. The Morgan fingerprint density at radius 3 is 2.58 bits per heavy atom. The van der Waals surface area contributed by atoms with Crippen LogP contribution >= 0.6 is 0 Å². The molecule has 4 rings (SSSR count). The Balaban J connectivity index is 1.52. The number of nitrogens with one attached hydrogen (secondary N) is 1. The minimum absolute atomic E-state index is 0.265. The van der Waals surface area contributed by atoms with Crippen molar-refractivity contribution in [3.05, 3.63) is 93.8 Å². The predicted molar refractivity (Wildman–Crippen MR) is 119 cm³/mol. The fourth-order valence-electron chi connectivity index (χ4n) is 3.43. The van der Waals surface area contributed by atoms with E-state index in [9.17, 15) is 9.59 Å². The van der Waals surface area contributed by atoms with Gasteiger partial charge in [0.25, 0.3) is 5.56 Å². The normalized spacial score (nSPS) is 12.4. The Morgan fingerprint density at radius 2 is 1.81 bits per heavy atom. The molecule has 7 nitrogen and oxygen atoms in total. The number of aryl methyl sites for hydroxylation is 1. The summed E-state index contributed by atoms with van der Waals surface area (Å²) < 4.78 is 7.29. The number of carbonyl (C=O) groups excluding carboxylic acids is 1. The van der Waals surface area contributed by atoms with E-state index in [-0.39, 0.29) is 5.56 Å². The first-order chi connectivity index (χ1) is 14.9. The van der Waals surface area contributed by atoms with Crippen LogP contribution in [0.2, 0.25) is 0 Å². The van der Waals surface area contributed by atoms with Gasteiger partial charge in [-0.05, 0) is 51.1 Å². The van der Waals surface area contributed by atoms with E-state index in [0.29, 0.717) is 16.7 Å². The molecule has 0 saturated carbocycles. The summed E-state index contributed by atoms with van der Waals surface area (Å²) in [5.74, 6) is -0.232. The highest BCUT2D eigenvalue weighted by molar-refractivity contribution is 5.87. The van der Waals surface area contributed by atoms with E-state index in [1.807, 2.05) is 48.9 Å². The Kier molecular flexibility index (Phi) is 5.49. The fourth-order valence-corrected chi connectivity index (χ4v) is 3.43. The van der Waals surface area contributed by atoms with E-state index in [4.69, 9.17) is 4.74 Å². The van der Waals surface area contributed by atoms with Gasteiger partial charge in [-0.15, -0.1) is 0 Å². The summed E-state index contributed by atoms with van der Waals surface area (Å²) in [5.41, 5.74) is 3.81. The molecule has 156 valence electrons. The smallest absolute Gasteiger partial charge is 0.331 e. The molecule has 2 aromatic carbocycles. The lowest BCUT2D eigenvalue weighted by Gasteiger charge is -2.11. The highest BCUT2D eigenvalue weighted by atomic mass is 16.5. The molecule has 0 aliphatic carbocycles. The maximum absolute atomic E-state index is 12.4. The Labute approximate surface area is 179 Å². The first-order valence-electron chi connectivity index (χ1n) is 9.93. The highest BCUT2D eigenvalue weighted by Crippen LogP contribution is 2.20. The molecule has 0 saturated heterocycles. The summed E-state index contributed by atoms with van der Waals surface area (Å²) >= 11 is 0. The molecule has 0 bridgehead atoms. The minimum Gasteiger partial charge on any atom is -0.451 e. The van der Waals surface area contributed by atoms with Gasteiger partial charge in [-0.3, -0.25) is 4.79 Å². The third-order valence-electron chi connectivity index (χ3n) is 5.04. The van der Waals surface area contributed by atoms with Gasteiger partial charge in [0, 0.05) is 17.3 Å². The molecular formula is C24H22N4O3. The van der Waals surface area contributed by atoms with Crippen molar-refractivity contribution in [1.82, 2.24) is 19.7 Å². The summed E-state index contributed by atoms with van der Waals surface area (Å²) in [4.78, 5) is 31.7. The van der Waals surface area contributed by atoms with Crippen LogP contribution in [-0.4, -0.2) is 25.7 Å². The molecule has 2 aromatic heterocycles. The average molecular weight is 414 g/mol. The number of para-hydroxylation sites is 2. The molecule has 1 N–H and O–H groups in total. The monoisotopic (exact) mass is 414 g/mol. The Morgan fingerprint density at radius 1 is 1.10 bits per heavy atom. The second-order valence-electron chi connectivity index (χ2n) is 7.21. The van der Waals surface area contributed by atoms with Crippen LogP contribution in [0.15, 0.2) is 65.5 Å². The Hall–Kier alpha value is -4.00. The van der Waals surface area contributed by atoms with Gasteiger partial charge in [0.05, 0.1) is 22.3 Å². The van der Waals surface area contributed by atoms with Gasteiger partial charge in [0.15, 0.2) is 11.9 Å². The quantitative estimate of drug-likeness (QED) is 0.393. The molecule has 2 heterocycles. The van der Waals surface area contributed by atoms with Crippen molar-refractivity contribution in [2.45, 2.75) is 26.9 Å². The summed E-state index contributed by atoms with van der Waals surface area (Å²) in [6.07, 6.45) is 2.36. The van der Waals surface area contributed by atoms with Crippen molar-refractivity contribution < 1.29 is 9.53 Å². The number of benzene rings is 2. The molecule has 0 aliphatic heterocycles. The zero-order valence-corrected chi connectivity index (χ0v) is 17.5. The van der Waals surface area contributed by atoms with Crippen molar-refractivity contribution in [2.24, 2.45) is 0 Å². The molecular weight excluding hydrogens is 392 g/mol. The third-order valence-corrected chi connectivity index (χ3v) is 5.04. The minimum atomic E-state index is -0.705. The number of carbonyl (C=O) groups is 1. The van der Waals surface area contributed by atoms with Crippen LogP contribution < -0.4 is 5.56 Å². The molecule has 0 spiro atoms. The van der Waals surface area contributed by atoms with Gasteiger partial charge >= 0.3 is 5.97 Å². The van der Waals surface area contributed by atoms with Crippen molar-refractivity contribution in [1.29, 1.82) is 0 Å². The van der Waals surface area contributed by atoms with E-state index in [1.54, 1.807) is 37.3 Å². The first kappa shape index (κ1) is 20.3. The number of hydrogen-bond donors (Lipinski definition) is 1. The largest absolute Gasteiger partial charge is 0.451 e. The van der Waals surface area contributed by atoms with Crippen LogP contribution in [0.3, 0.4) is 0 Å². The first-order valence-corrected chi connectivity index (χ1v) is 9.93. The lowest BCUT2D eigenvalue weighted by molar-refractivity contribution is -0.142. The third kappa shape index (κ3) is 4.16. The maximum Gasteiger partial charge on any atom is 0.331 e. The summed E-state index contributed by atoms with van der Waals surface area (Å²) in [6.45, 7) is 5.51. The molecule has 1 atom stereocenters. The topological polar surface area (TPSA) is 89.9 Å². The number of H-pyrrole nitrogens is 1. The predicted octanol–water partition coefficient (Wildman–Crippen LogP) is 4.04. The van der Waals surface area contributed by atoms with E-state index in [0.717, 1.165) is 22.6 Å². The number of hydrogen-bond acceptors (Lipinski definition) is 5. The van der Waals surface area contributed by atoms with Gasteiger partial charge < -0.3 is 9.72 Å². The van der Waals surface area contributed by atoms with Crippen molar-refractivity contribution >= 4 is 22.9 Å². The number of fused-ring (bicyclic) bond motifs is 1. The second-order valence-corrected chi connectivity index (χ2v) is 7.21. The number of rotatable bonds is 5. The van der Waals surface area contributed by atoms with Crippen LogP contribution in [0.4, 0.5) is 0 Å². The van der Waals surface area contributed by atoms with Crippen molar-refractivity contribution in [2.75, 3.05) is 0 Å². The zero-order chi connectivity index (χ0) is 22.0. The van der Waals surface area contributed by atoms with Gasteiger partial charge in [0.2, 0.25) is 0 Å². The molecule has 0 unspecified atom stereocenters. The summed E-state index contributed by atoms with van der Waals surface area (Å²) in [5, 5.41) is 5.06. The van der Waals surface area contributed by atoms with E-state index in [1.165, 1.54) is 6.08 Å². The van der Waals surface area contributed by atoms with Crippen LogP contribution in [0.5, 0.6) is 0 Å². The lowest BCUT2D eigenvalue weighted by atomic mass is 10.2. The number of aromatic nitrogens is 4. The van der Waals surface area contributed by atoms with E-state index < -0.39 is 12.1 Å². The SMILES string of the molecule is Cc1nn(-c2ccccc2)c(C)c1/C=C/C(=O)O[C@@H](C)c1nc2ccccc2c(=O)[nH]1. The maximum atomic E-state index is 12.4. The Bertz CT molecular complexity index is 1340. The average Bonchev–Trinajstić information content (AvgIpc) is 3.06. The highest BCUT2D eigenvalue weighted by Gasteiger charge is 2.15. The molecule has 4 aromatic rings. The van der Waals surface area contributed by atoms with Gasteiger partial charge in [-0.2, -0.15) is 5.10 Å². The van der Waals surface area contributed by atoms with Crippen LogP contribution in [-0.2, 0) is 9.53 Å². The van der Waals surface area contributed by atoms with Crippen LogP contribution in [0.1, 0.15) is 35.8 Å². The van der Waals surface area contributed by atoms with Crippen LogP contribution in [0, 0.1) is 13.8 Å². The van der Waals surface area contributed by atoms with E-state index >= 15 is 0 Å². The van der Waals surface area contributed by atoms with Crippen LogP contribution in [0.25, 0.3) is 22.7 Å². The molecule has 0 fully saturated rings. The van der Waals surface area contributed by atoms with E-state index in [2.05, 4.69) is 15.1 Å². The molecule has 0 radical (unpaired) electrons. The number of ether oxygens (including phenoxy) is 1. The lowest BCUT2D eigenvalue weighted by Crippen LogP contribution is -2.16. The van der Waals surface area contributed by atoms with Gasteiger partial charge in [0.1, 0.15) is 0 Å². The number of nitrogens with zero attached hydrogens (tertiary/aromatic N) is 3. The van der Waals surface area contributed by atoms with Crippen molar-refractivity contribution in [3.63, 3.8) is 0 Å². The standard InChI is InChI=1S/C24H22N4O3/c1-15-19(16(2)28(27-15)18-9-5-4-6-10-18)13-14-22(29)31-17(3)23-25-21-12-8-7-11-20(21)24(30)26-23/h4-14,17H,1-3H3,(H,25,26,30)/b14-13+/t17-/m0/s1. The fraction of sp³-hybridized carbons (Fsp3) is 0.167. The number of aromatic amines is 1. The second kappa shape index (κ2) is 8.39. The van der Waals surface area contributed by atoms with Gasteiger partial charge in [-0.1, -0.05) is 30.3 Å². The molecule has 31 heavy (non-hydrogen) atoms. The number of esters is 1. The molecule has 0 amide bonds.